The zero-order valence-electron chi connectivity index (χ0n) is 31.0. The van der Waals surface area contributed by atoms with Crippen molar-refractivity contribution in [3.8, 4) is 5.75 Å². The van der Waals surface area contributed by atoms with E-state index in [1.165, 1.54) is 6.92 Å². The zero-order valence-corrected chi connectivity index (χ0v) is 33.2. The molecule has 2 aliphatic heterocycles. The van der Waals surface area contributed by atoms with Gasteiger partial charge in [0.05, 0.1) is 22.5 Å². The van der Waals surface area contributed by atoms with Gasteiger partial charge in [0, 0.05) is 69.2 Å². The minimum Gasteiger partial charge on any atom is -0.485 e. The van der Waals surface area contributed by atoms with Gasteiger partial charge in [-0.2, -0.15) is 0 Å². The summed E-state index contributed by atoms with van der Waals surface area (Å²) in [7, 11) is 0. The number of carbonyl (C=O) groups is 3. The predicted molar refractivity (Wildman–Crippen MR) is 208 cm³/mol. The fourth-order valence-corrected chi connectivity index (χ4v) is 8.01. The number of hydrogen-bond acceptors (Lipinski definition) is 7. The number of hydrogen-bond donors (Lipinski definition) is 1. The van der Waals surface area contributed by atoms with Gasteiger partial charge in [-0.3, -0.25) is 9.59 Å². The predicted octanol–water partition coefficient (Wildman–Crippen LogP) is 8.18. The number of halogens is 3. The lowest BCUT2D eigenvalue weighted by molar-refractivity contribution is -0.139. The molecule has 53 heavy (non-hydrogen) atoms. The summed E-state index contributed by atoms with van der Waals surface area (Å²) in [5.74, 6) is 0.506. The SMILES string of the molecule is CC(=O)NCc1ccc(Cl)c(CN(C(=O)[C@H]2CN(C(=O)OC(C)(C)C)CC[C@@H]2c2ccc(N3CC[C@H](Oc4c(Cl)cc(C)cc4Cl)C3)nc2)C2CC2)c1. The van der Waals surface area contributed by atoms with Crippen LogP contribution in [0.25, 0.3) is 0 Å². The molecule has 3 heterocycles. The highest BCUT2D eigenvalue weighted by Gasteiger charge is 2.43. The Bertz CT molecular complexity index is 1810. The van der Waals surface area contributed by atoms with E-state index in [-0.39, 0.29) is 36.4 Å². The molecule has 1 saturated carbocycles. The Hall–Kier alpha value is -3.73. The number of piperidine rings is 1. The number of ether oxygens (including phenoxy) is 2. The topological polar surface area (TPSA) is 104 Å². The van der Waals surface area contributed by atoms with Crippen LogP contribution in [0.1, 0.15) is 81.5 Å². The maximum Gasteiger partial charge on any atom is 0.410 e. The van der Waals surface area contributed by atoms with Crippen LogP contribution >= 0.6 is 34.8 Å². The molecule has 284 valence electrons. The summed E-state index contributed by atoms with van der Waals surface area (Å²) in [5, 5.41) is 4.38. The Morgan fingerprint density at radius 1 is 0.943 bits per heavy atom. The molecular weight excluding hydrogens is 737 g/mol. The number of anilines is 1. The summed E-state index contributed by atoms with van der Waals surface area (Å²) in [4.78, 5) is 50.2. The van der Waals surface area contributed by atoms with Crippen molar-refractivity contribution in [3.05, 3.63) is 86.0 Å². The lowest BCUT2D eigenvalue weighted by Crippen LogP contribution is -2.51. The zero-order chi connectivity index (χ0) is 38.0. The number of amides is 3. The summed E-state index contributed by atoms with van der Waals surface area (Å²) in [6.45, 7) is 11.7. The van der Waals surface area contributed by atoms with E-state index in [1.54, 1.807) is 4.90 Å². The molecule has 3 amide bonds. The maximum atomic E-state index is 14.7. The van der Waals surface area contributed by atoms with Crippen molar-refractivity contribution >= 4 is 58.5 Å². The molecule has 10 nitrogen and oxygen atoms in total. The van der Waals surface area contributed by atoms with E-state index in [0.717, 1.165) is 53.9 Å². The first-order valence-electron chi connectivity index (χ1n) is 18.3. The number of carbonyl (C=O) groups excluding carboxylic acids is 3. The van der Waals surface area contributed by atoms with Crippen LogP contribution in [-0.4, -0.2) is 76.6 Å². The smallest absolute Gasteiger partial charge is 0.410 e. The van der Waals surface area contributed by atoms with Gasteiger partial charge < -0.3 is 29.5 Å². The molecule has 0 radical (unpaired) electrons. The first-order valence-corrected chi connectivity index (χ1v) is 19.4. The first-order chi connectivity index (χ1) is 25.1. The molecule has 6 rings (SSSR count). The molecule has 1 aliphatic carbocycles. The molecule has 3 atom stereocenters. The third-order valence-corrected chi connectivity index (χ3v) is 10.9. The number of aryl methyl sites for hydroxylation is 1. The minimum atomic E-state index is -0.662. The number of likely N-dealkylation sites (tertiary alicyclic amines) is 1. The molecule has 2 saturated heterocycles. The van der Waals surface area contributed by atoms with E-state index in [1.807, 2.05) is 75.2 Å². The lowest BCUT2D eigenvalue weighted by Gasteiger charge is -2.40. The molecular formula is C40H48Cl3N5O5. The summed E-state index contributed by atoms with van der Waals surface area (Å²) >= 11 is 19.6. The highest BCUT2D eigenvalue weighted by molar-refractivity contribution is 6.37. The molecule has 3 aliphatic rings. The van der Waals surface area contributed by atoms with Crippen LogP contribution < -0.4 is 15.0 Å². The van der Waals surface area contributed by atoms with Crippen LogP contribution in [0.4, 0.5) is 10.6 Å². The molecule has 3 fully saturated rings. The van der Waals surface area contributed by atoms with Gasteiger partial charge >= 0.3 is 6.09 Å². The average molecular weight is 785 g/mol. The van der Waals surface area contributed by atoms with Crippen LogP contribution in [0, 0.1) is 12.8 Å². The van der Waals surface area contributed by atoms with Gasteiger partial charge in [-0.25, -0.2) is 9.78 Å². The molecule has 13 heteroatoms. The van der Waals surface area contributed by atoms with Gasteiger partial charge in [0.2, 0.25) is 11.8 Å². The third kappa shape index (κ3) is 9.88. The van der Waals surface area contributed by atoms with Gasteiger partial charge in [0.25, 0.3) is 0 Å². The van der Waals surface area contributed by atoms with Crippen molar-refractivity contribution in [3.63, 3.8) is 0 Å². The second-order valence-electron chi connectivity index (χ2n) is 15.4. The second kappa shape index (κ2) is 16.3. The second-order valence-corrected chi connectivity index (χ2v) is 16.7. The van der Waals surface area contributed by atoms with E-state index in [9.17, 15) is 14.4 Å². The summed E-state index contributed by atoms with van der Waals surface area (Å²) in [6, 6.07) is 13.5. The molecule has 2 aromatic carbocycles. The van der Waals surface area contributed by atoms with Crippen LogP contribution in [0.2, 0.25) is 15.1 Å². The Morgan fingerprint density at radius 2 is 1.68 bits per heavy atom. The highest BCUT2D eigenvalue weighted by Crippen LogP contribution is 2.40. The fourth-order valence-electron chi connectivity index (χ4n) is 7.15. The average Bonchev–Trinajstić information content (AvgIpc) is 3.84. The van der Waals surface area contributed by atoms with Gasteiger partial charge in [0.1, 0.15) is 17.5 Å². The molecule has 0 unspecified atom stereocenters. The van der Waals surface area contributed by atoms with E-state index >= 15 is 0 Å². The summed E-state index contributed by atoms with van der Waals surface area (Å²) in [5.41, 5.74) is 2.98. The number of pyridine rings is 1. The van der Waals surface area contributed by atoms with Gasteiger partial charge in [0.15, 0.2) is 5.75 Å². The van der Waals surface area contributed by atoms with Crippen LogP contribution in [0.3, 0.4) is 0 Å². The maximum absolute atomic E-state index is 14.7. The van der Waals surface area contributed by atoms with E-state index < -0.39 is 17.6 Å². The monoisotopic (exact) mass is 783 g/mol. The Labute approximate surface area is 327 Å². The molecule has 1 N–H and O–H groups in total. The van der Waals surface area contributed by atoms with E-state index in [0.29, 0.717) is 53.4 Å². The Kier molecular flexibility index (Phi) is 12.0. The van der Waals surface area contributed by atoms with Gasteiger partial charge in [-0.1, -0.05) is 53.0 Å². The third-order valence-electron chi connectivity index (χ3n) is 9.94. The van der Waals surface area contributed by atoms with Crippen molar-refractivity contribution in [1.82, 2.24) is 20.1 Å². The summed E-state index contributed by atoms with van der Waals surface area (Å²) < 4.78 is 12.0. The van der Waals surface area contributed by atoms with Crippen molar-refractivity contribution in [1.29, 1.82) is 0 Å². The van der Waals surface area contributed by atoms with Crippen molar-refractivity contribution in [2.75, 3.05) is 31.1 Å². The molecule has 1 aromatic heterocycles. The minimum absolute atomic E-state index is 0.0221. The van der Waals surface area contributed by atoms with Crippen molar-refractivity contribution < 1.29 is 23.9 Å². The van der Waals surface area contributed by atoms with Crippen molar-refractivity contribution in [2.45, 2.75) is 97.1 Å². The fraction of sp³-hybridized carbons (Fsp3) is 0.500. The van der Waals surface area contributed by atoms with Crippen molar-refractivity contribution in [2.24, 2.45) is 5.92 Å². The number of benzene rings is 2. The van der Waals surface area contributed by atoms with E-state index in [4.69, 9.17) is 49.3 Å². The normalized spacial score (nSPS) is 20.3. The van der Waals surface area contributed by atoms with Gasteiger partial charge in [-0.05, 0) is 93.5 Å². The van der Waals surface area contributed by atoms with Crippen LogP contribution in [-0.2, 0) is 27.4 Å². The molecule has 0 bridgehead atoms. The lowest BCUT2D eigenvalue weighted by atomic mass is 9.80. The standard InChI is InChI=1S/C40H48Cl3N5O5/c1-24-16-34(42)37(35(43)17-24)52-30-12-14-46(22-30)36-11-7-27(20-45-36)31-13-15-47(39(51)53-40(3,4)5)23-32(31)38(50)48(29-8-9-29)21-28-18-26(6-10-33(28)41)19-44-25(2)49/h6-7,10-11,16-18,20,29-32H,8-9,12-15,19,21-23H2,1-5H3,(H,44,49)/t30-,31+,32-/m0/s1. The Morgan fingerprint density at radius 3 is 2.32 bits per heavy atom. The number of rotatable bonds is 10. The largest absolute Gasteiger partial charge is 0.485 e. The van der Waals surface area contributed by atoms with E-state index in [2.05, 4.69) is 16.3 Å². The van der Waals surface area contributed by atoms with Gasteiger partial charge in [-0.15, -0.1) is 0 Å². The molecule has 0 spiro atoms. The van der Waals surface area contributed by atoms with Crippen LogP contribution in [0.15, 0.2) is 48.7 Å². The van der Waals surface area contributed by atoms with Crippen LogP contribution in [0.5, 0.6) is 5.75 Å². The first kappa shape index (κ1) is 39.0. The quantitative estimate of drug-likeness (QED) is 0.221. The number of nitrogens with zero attached hydrogens (tertiary/aromatic N) is 4. The summed E-state index contributed by atoms with van der Waals surface area (Å²) in [6.07, 6.45) is 4.53. The molecule has 3 aromatic rings. The number of aromatic nitrogens is 1. The highest BCUT2D eigenvalue weighted by atomic mass is 35.5. The Balaban J connectivity index is 1.21. The number of nitrogens with one attached hydrogen (secondary N) is 1.